The first kappa shape index (κ1) is 19.6. The van der Waals surface area contributed by atoms with Crippen molar-refractivity contribution in [2.75, 3.05) is 38.0 Å². The number of hydrogen-bond acceptors (Lipinski definition) is 4. The second kappa shape index (κ2) is 8.67. The Morgan fingerprint density at radius 1 is 1.11 bits per heavy atom. The molecule has 1 aliphatic heterocycles. The van der Waals surface area contributed by atoms with Crippen LogP contribution in [0, 0.1) is 6.92 Å². The van der Waals surface area contributed by atoms with Gasteiger partial charge in [-0.3, -0.25) is 19.3 Å². The number of carbonyl (C=O) groups is 1. The standard InChI is InChI=1S/C21H31N5O/c1-16(2)19-7-5-18(6-8-19)14-25-9-11-26(12-10-25)15-21(27)22-20-13-17(3)23-24(20)4/h5-8,13,16H,9-12,14-15H2,1-4H3,(H,22,27). The molecule has 27 heavy (non-hydrogen) atoms. The van der Waals surface area contributed by atoms with Gasteiger partial charge in [-0.1, -0.05) is 38.1 Å². The SMILES string of the molecule is Cc1cc(NC(=O)CN2CCN(Cc3ccc(C(C)C)cc3)CC2)n(C)n1. The third-order valence-electron chi connectivity index (χ3n) is 5.15. The molecule has 0 unspecified atom stereocenters. The highest BCUT2D eigenvalue weighted by molar-refractivity contribution is 5.91. The van der Waals surface area contributed by atoms with Crippen LogP contribution in [0.2, 0.25) is 0 Å². The molecular weight excluding hydrogens is 338 g/mol. The minimum atomic E-state index is 0.0238. The Morgan fingerprint density at radius 2 is 1.74 bits per heavy atom. The summed E-state index contributed by atoms with van der Waals surface area (Å²) in [6.45, 7) is 11.6. The molecule has 0 saturated carbocycles. The fourth-order valence-electron chi connectivity index (χ4n) is 3.48. The number of nitrogens with zero attached hydrogens (tertiary/aromatic N) is 4. The predicted molar refractivity (Wildman–Crippen MR) is 109 cm³/mol. The summed E-state index contributed by atoms with van der Waals surface area (Å²) in [4.78, 5) is 17.0. The summed E-state index contributed by atoms with van der Waals surface area (Å²) in [6, 6.07) is 10.8. The first-order valence-corrected chi connectivity index (χ1v) is 9.75. The van der Waals surface area contributed by atoms with Crippen molar-refractivity contribution in [3.8, 4) is 0 Å². The van der Waals surface area contributed by atoms with E-state index in [0.29, 0.717) is 12.5 Å². The molecule has 1 aromatic heterocycles. The Balaban J connectivity index is 1.43. The van der Waals surface area contributed by atoms with Gasteiger partial charge in [0.2, 0.25) is 5.91 Å². The maximum absolute atomic E-state index is 12.3. The fourth-order valence-corrected chi connectivity index (χ4v) is 3.48. The first-order valence-electron chi connectivity index (χ1n) is 9.75. The Labute approximate surface area is 162 Å². The summed E-state index contributed by atoms with van der Waals surface area (Å²) < 4.78 is 1.70. The molecule has 1 aromatic carbocycles. The average molecular weight is 370 g/mol. The van der Waals surface area contributed by atoms with Crippen LogP contribution >= 0.6 is 0 Å². The summed E-state index contributed by atoms with van der Waals surface area (Å²) in [5, 5.41) is 7.21. The summed E-state index contributed by atoms with van der Waals surface area (Å²) in [5.74, 6) is 1.35. The molecule has 2 heterocycles. The maximum atomic E-state index is 12.3. The maximum Gasteiger partial charge on any atom is 0.239 e. The molecule has 1 N–H and O–H groups in total. The van der Waals surface area contributed by atoms with E-state index in [4.69, 9.17) is 0 Å². The van der Waals surface area contributed by atoms with Gasteiger partial charge in [-0.15, -0.1) is 0 Å². The third-order valence-corrected chi connectivity index (χ3v) is 5.15. The smallest absolute Gasteiger partial charge is 0.239 e. The van der Waals surface area contributed by atoms with E-state index in [1.165, 1.54) is 11.1 Å². The van der Waals surface area contributed by atoms with Crippen molar-refractivity contribution < 1.29 is 4.79 Å². The molecule has 6 heteroatoms. The number of anilines is 1. The first-order chi connectivity index (χ1) is 12.9. The van der Waals surface area contributed by atoms with E-state index in [2.05, 4.69) is 58.3 Å². The molecule has 146 valence electrons. The number of amides is 1. The molecule has 1 fully saturated rings. The third kappa shape index (κ3) is 5.40. The van der Waals surface area contributed by atoms with Crippen LogP contribution < -0.4 is 5.32 Å². The summed E-state index contributed by atoms with van der Waals surface area (Å²) in [6.07, 6.45) is 0. The zero-order valence-electron chi connectivity index (χ0n) is 16.9. The van der Waals surface area contributed by atoms with Crippen molar-refractivity contribution in [1.82, 2.24) is 19.6 Å². The predicted octanol–water partition coefficient (Wildman–Crippen LogP) is 2.61. The van der Waals surface area contributed by atoms with Crippen LogP contribution in [0.5, 0.6) is 0 Å². The van der Waals surface area contributed by atoms with Gasteiger partial charge in [-0.2, -0.15) is 5.10 Å². The quantitative estimate of drug-likeness (QED) is 0.850. The summed E-state index contributed by atoms with van der Waals surface area (Å²) in [7, 11) is 1.84. The molecule has 6 nitrogen and oxygen atoms in total. The molecule has 0 radical (unpaired) electrons. The van der Waals surface area contributed by atoms with E-state index in [1.54, 1.807) is 4.68 Å². The lowest BCUT2D eigenvalue weighted by molar-refractivity contribution is -0.117. The van der Waals surface area contributed by atoms with Crippen molar-refractivity contribution in [1.29, 1.82) is 0 Å². The van der Waals surface area contributed by atoms with Crippen LogP contribution in [0.1, 0.15) is 36.6 Å². The molecule has 1 aliphatic rings. The molecule has 3 rings (SSSR count). The Morgan fingerprint density at radius 3 is 2.30 bits per heavy atom. The van der Waals surface area contributed by atoms with Crippen LogP contribution in [0.15, 0.2) is 30.3 Å². The second-order valence-corrected chi connectivity index (χ2v) is 7.79. The molecule has 0 aliphatic carbocycles. The number of rotatable bonds is 6. The Kier molecular flexibility index (Phi) is 6.29. The van der Waals surface area contributed by atoms with Gasteiger partial charge in [-0.25, -0.2) is 0 Å². The fraction of sp³-hybridized carbons (Fsp3) is 0.524. The lowest BCUT2D eigenvalue weighted by atomic mass is 10.0. The number of carbonyl (C=O) groups excluding carboxylic acids is 1. The zero-order chi connectivity index (χ0) is 19.4. The van der Waals surface area contributed by atoms with Crippen molar-refractivity contribution in [3.63, 3.8) is 0 Å². The molecule has 2 aromatic rings. The largest absolute Gasteiger partial charge is 0.310 e. The zero-order valence-corrected chi connectivity index (χ0v) is 16.9. The van der Waals surface area contributed by atoms with Gasteiger partial charge >= 0.3 is 0 Å². The summed E-state index contributed by atoms with van der Waals surface area (Å²) >= 11 is 0. The number of hydrogen-bond donors (Lipinski definition) is 1. The van der Waals surface area contributed by atoms with Gasteiger partial charge in [-0.05, 0) is 24.0 Å². The highest BCUT2D eigenvalue weighted by Gasteiger charge is 2.19. The van der Waals surface area contributed by atoms with Crippen LogP contribution in [0.25, 0.3) is 0 Å². The van der Waals surface area contributed by atoms with Crippen LogP contribution in [0.3, 0.4) is 0 Å². The Hall–Kier alpha value is -2.18. The molecule has 0 spiro atoms. The average Bonchev–Trinajstić information content (AvgIpc) is 2.94. The number of aromatic nitrogens is 2. The number of piperazine rings is 1. The van der Waals surface area contributed by atoms with E-state index in [0.717, 1.165) is 44.2 Å². The minimum Gasteiger partial charge on any atom is -0.310 e. The van der Waals surface area contributed by atoms with E-state index in [1.807, 2.05) is 20.0 Å². The van der Waals surface area contributed by atoms with Crippen LogP contribution in [-0.4, -0.2) is 58.2 Å². The van der Waals surface area contributed by atoms with Gasteiger partial charge in [0.05, 0.1) is 12.2 Å². The van der Waals surface area contributed by atoms with Crippen molar-refractivity contribution in [3.05, 3.63) is 47.2 Å². The van der Waals surface area contributed by atoms with Crippen LogP contribution in [-0.2, 0) is 18.4 Å². The molecule has 0 atom stereocenters. The molecule has 0 bridgehead atoms. The minimum absolute atomic E-state index is 0.0238. The van der Waals surface area contributed by atoms with Crippen LogP contribution in [0.4, 0.5) is 5.82 Å². The van der Waals surface area contributed by atoms with Gasteiger partial charge < -0.3 is 5.32 Å². The summed E-state index contributed by atoms with van der Waals surface area (Å²) in [5.41, 5.74) is 3.65. The van der Waals surface area contributed by atoms with E-state index < -0.39 is 0 Å². The normalized spacial score (nSPS) is 16.0. The molecular formula is C21H31N5O. The van der Waals surface area contributed by atoms with Crippen molar-refractivity contribution >= 4 is 11.7 Å². The van der Waals surface area contributed by atoms with E-state index >= 15 is 0 Å². The van der Waals surface area contributed by atoms with Gasteiger partial charge in [0.15, 0.2) is 0 Å². The lowest BCUT2D eigenvalue weighted by Gasteiger charge is -2.34. The molecule has 1 amide bonds. The van der Waals surface area contributed by atoms with Crippen molar-refractivity contribution in [2.24, 2.45) is 7.05 Å². The topological polar surface area (TPSA) is 53.4 Å². The van der Waals surface area contributed by atoms with Crippen molar-refractivity contribution in [2.45, 2.75) is 33.2 Å². The van der Waals surface area contributed by atoms with Gasteiger partial charge in [0, 0.05) is 45.8 Å². The monoisotopic (exact) mass is 369 g/mol. The highest BCUT2D eigenvalue weighted by Crippen LogP contribution is 2.16. The highest BCUT2D eigenvalue weighted by atomic mass is 16.2. The molecule has 1 saturated heterocycles. The van der Waals surface area contributed by atoms with Gasteiger partial charge in [0.25, 0.3) is 0 Å². The lowest BCUT2D eigenvalue weighted by Crippen LogP contribution is -2.48. The van der Waals surface area contributed by atoms with E-state index in [9.17, 15) is 4.79 Å². The number of nitrogens with one attached hydrogen (secondary N) is 1. The Bertz CT molecular complexity index is 757. The number of benzene rings is 1. The number of aryl methyl sites for hydroxylation is 2. The van der Waals surface area contributed by atoms with E-state index in [-0.39, 0.29) is 5.91 Å². The second-order valence-electron chi connectivity index (χ2n) is 7.79. The van der Waals surface area contributed by atoms with Gasteiger partial charge in [0.1, 0.15) is 5.82 Å².